The second-order valence-corrected chi connectivity index (χ2v) is 5.40. The predicted octanol–water partition coefficient (Wildman–Crippen LogP) is 3.50. The van der Waals surface area contributed by atoms with Crippen molar-refractivity contribution < 1.29 is 9.15 Å². The lowest BCUT2D eigenvalue weighted by molar-refractivity contribution is 0.409. The quantitative estimate of drug-likeness (QED) is 0.778. The average Bonchev–Trinajstić information content (AvgIpc) is 2.96. The van der Waals surface area contributed by atoms with Crippen LogP contribution in [0.4, 0.5) is 5.82 Å². The van der Waals surface area contributed by atoms with E-state index in [2.05, 4.69) is 21.0 Å². The molecule has 3 rings (SSSR count). The van der Waals surface area contributed by atoms with Gasteiger partial charge in [0.05, 0.1) is 13.3 Å². The number of nitrogen functional groups attached to an aromatic ring is 1. The Bertz CT molecular complexity index is 804. The van der Waals surface area contributed by atoms with Crippen molar-refractivity contribution in [1.29, 1.82) is 0 Å². The minimum absolute atomic E-state index is 0.604. The Labute approximate surface area is 124 Å². The van der Waals surface area contributed by atoms with Crippen molar-refractivity contribution in [3.05, 3.63) is 28.6 Å². The third kappa shape index (κ3) is 1.79. The van der Waals surface area contributed by atoms with Gasteiger partial charge in [-0.05, 0) is 35.0 Å². The molecular weight excluding hydrogens is 322 g/mol. The van der Waals surface area contributed by atoms with Gasteiger partial charge < -0.3 is 14.9 Å². The van der Waals surface area contributed by atoms with E-state index >= 15 is 0 Å². The van der Waals surface area contributed by atoms with Crippen LogP contribution < -0.4 is 10.5 Å². The number of methoxy groups -OCH3 is 1. The summed E-state index contributed by atoms with van der Waals surface area (Å²) in [6.45, 7) is 1.91. The number of ether oxygens (including phenoxy) is 1. The van der Waals surface area contributed by atoms with E-state index in [1.165, 1.54) is 0 Å². The zero-order valence-corrected chi connectivity index (χ0v) is 13.0. The van der Waals surface area contributed by atoms with Crippen LogP contribution in [0.2, 0.25) is 0 Å². The maximum absolute atomic E-state index is 6.06. The molecule has 0 fully saturated rings. The van der Waals surface area contributed by atoms with E-state index in [0.29, 0.717) is 11.6 Å². The molecular formula is C14H14BrN3O2. The molecule has 0 amide bonds. The molecule has 2 heterocycles. The van der Waals surface area contributed by atoms with Gasteiger partial charge in [-0.1, -0.05) is 0 Å². The third-order valence-corrected chi connectivity index (χ3v) is 4.18. The van der Waals surface area contributed by atoms with E-state index < -0.39 is 0 Å². The lowest BCUT2D eigenvalue weighted by atomic mass is 10.1. The van der Waals surface area contributed by atoms with E-state index in [1.807, 2.05) is 26.1 Å². The molecule has 0 aliphatic carbocycles. The van der Waals surface area contributed by atoms with Crippen LogP contribution >= 0.6 is 15.9 Å². The zero-order chi connectivity index (χ0) is 14.4. The molecule has 0 bridgehead atoms. The largest absolute Gasteiger partial charge is 0.493 e. The molecule has 5 nitrogen and oxygen atoms in total. The number of rotatable bonds is 2. The van der Waals surface area contributed by atoms with Crippen LogP contribution in [0.25, 0.3) is 22.1 Å². The maximum atomic E-state index is 6.06. The summed E-state index contributed by atoms with van der Waals surface area (Å²) in [5.41, 5.74) is 8.58. The van der Waals surface area contributed by atoms with Crippen molar-refractivity contribution in [2.24, 2.45) is 7.05 Å². The van der Waals surface area contributed by atoms with E-state index in [-0.39, 0.29) is 0 Å². The van der Waals surface area contributed by atoms with E-state index in [9.17, 15) is 0 Å². The highest BCUT2D eigenvalue weighted by Crippen LogP contribution is 2.42. The normalized spacial score (nSPS) is 11.2. The van der Waals surface area contributed by atoms with Gasteiger partial charge in [-0.15, -0.1) is 0 Å². The van der Waals surface area contributed by atoms with Gasteiger partial charge in [0.2, 0.25) is 0 Å². The molecule has 20 heavy (non-hydrogen) atoms. The fraction of sp³-hybridized carbons (Fsp3) is 0.214. The molecule has 0 aliphatic heterocycles. The first-order chi connectivity index (χ1) is 9.52. The number of nitrogens with zero attached hydrogens (tertiary/aromatic N) is 2. The Morgan fingerprint density at radius 3 is 2.70 bits per heavy atom. The topological polar surface area (TPSA) is 66.2 Å². The molecule has 6 heteroatoms. The Morgan fingerprint density at radius 1 is 1.35 bits per heavy atom. The summed E-state index contributed by atoms with van der Waals surface area (Å²) in [5.74, 6) is 2.11. The van der Waals surface area contributed by atoms with Crippen LogP contribution in [0.15, 0.2) is 27.2 Å². The first kappa shape index (κ1) is 13.1. The SMILES string of the molecule is COc1cc(-c2cnn(C)c2N)c(Br)c2cc(C)oc12. The summed E-state index contributed by atoms with van der Waals surface area (Å²) in [6.07, 6.45) is 1.74. The summed E-state index contributed by atoms with van der Waals surface area (Å²) >= 11 is 3.63. The van der Waals surface area contributed by atoms with E-state index in [0.717, 1.165) is 32.3 Å². The lowest BCUT2D eigenvalue weighted by Gasteiger charge is -2.08. The Kier molecular flexibility index (Phi) is 2.97. The number of benzene rings is 1. The second-order valence-electron chi connectivity index (χ2n) is 4.61. The summed E-state index contributed by atoms with van der Waals surface area (Å²) in [5, 5.41) is 5.14. The number of aryl methyl sites for hydroxylation is 2. The number of hydrogen-bond donors (Lipinski definition) is 1. The molecule has 0 unspecified atom stereocenters. The molecule has 0 saturated carbocycles. The predicted molar refractivity (Wildman–Crippen MR) is 81.8 cm³/mol. The standard InChI is InChI=1S/C14H14BrN3O2/c1-7-4-9-12(15)8(5-11(19-3)13(9)20-7)10-6-17-18(2)14(10)16/h4-6H,16H2,1-3H3. The highest BCUT2D eigenvalue weighted by atomic mass is 79.9. The molecule has 104 valence electrons. The Balaban J connectivity index is 2.36. The van der Waals surface area contributed by atoms with Crippen LogP contribution in [-0.2, 0) is 7.05 Å². The van der Waals surface area contributed by atoms with Gasteiger partial charge >= 0.3 is 0 Å². The molecule has 0 atom stereocenters. The van der Waals surface area contributed by atoms with E-state index in [1.54, 1.807) is 18.0 Å². The summed E-state index contributed by atoms with van der Waals surface area (Å²) < 4.78 is 13.7. The Hall–Kier alpha value is -1.95. The van der Waals surface area contributed by atoms with Crippen LogP contribution in [-0.4, -0.2) is 16.9 Å². The van der Waals surface area contributed by atoms with Crippen molar-refractivity contribution in [2.45, 2.75) is 6.92 Å². The van der Waals surface area contributed by atoms with Gasteiger partial charge in [0.25, 0.3) is 0 Å². The Morgan fingerprint density at radius 2 is 2.10 bits per heavy atom. The highest BCUT2D eigenvalue weighted by Gasteiger charge is 2.18. The monoisotopic (exact) mass is 335 g/mol. The molecule has 3 aromatic rings. The molecule has 0 radical (unpaired) electrons. The van der Waals surface area contributed by atoms with Gasteiger partial charge in [0.15, 0.2) is 11.3 Å². The number of furan rings is 1. The van der Waals surface area contributed by atoms with Gasteiger partial charge in [-0.2, -0.15) is 5.10 Å². The van der Waals surface area contributed by atoms with Gasteiger partial charge in [-0.25, -0.2) is 0 Å². The fourth-order valence-corrected chi connectivity index (χ4v) is 2.89. The van der Waals surface area contributed by atoms with Crippen molar-refractivity contribution >= 4 is 32.7 Å². The molecule has 0 saturated heterocycles. The first-order valence-electron chi connectivity index (χ1n) is 6.07. The minimum atomic E-state index is 0.604. The fourth-order valence-electron chi connectivity index (χ4n) is 2.27. The minimum Gasteiger partial charge on any atom is -0.493 e. The molecule has 0 aliphatic rings. The zero-order valence-electron chi connectivity index (χ0n) is 11.4. The summed E-state index contributed by atoms with van der Waals surface area (Å²) in [7, 11) is 3.43. The number of halogens is 1. The van der Waals surface area contributed by atoms with Crippen molar-refractivity contribution in [2.75, 3.05) is 12.8 Å². The van der Waals surface area contributed by atoms with E-state index in [4.69, 9.17) is 14.9 Å². The first-order valence-corrected chi connectivity index (χ1v) is 6.86. The average molecular weight is 336 g/mol. The number of aromatic nitrogens is 2. The number of fused-ring (bicyclic) bond motifs is 1. The maximum Gasteiger partial charge on any atom is 0.177 e. The number of nitrogens with two attached hydrogens (primary N) is 1. The van der Waals surface area contributed by atoms with Gasteiger partial charge in [0, 0.05) is 28.0 Å². The molecule has 0 spiro atoms. The molecule has 2 N–H and O–H groups in total. The highest BCUT2D eigenvalue weighted by molar-refractivity contribution is 9.10. The van der Waals surface area contributed by atoms with Crippen LogP contribution in [0.5, 0.6) is 5.75 Å². The van der Waals surface area contributed by atoms with Crippen molar-refractivity contribution in [3.63, 3.8) is 0 Å². The van der Waals surface area contributed by atoms with Crippen LogP contribution in [0.1, 0.15) is 5.76 Å². The second kappa shape index (κ2) is 4.56. The lowest BCUT2D eigenvalue weighted by Crippen LogP contribution is -1.98. The molecule has 2 aromatic heterocycles. The number of anilines is 1. The molecule has 1 aromatic carbocycles. The van der Waals surface area contributed by atoms with Crippen LogP contribution in [0, 0.1) is 6.92 Å². The number of hydrogen-bond acceptors (Lipinski definition) is 4. The van der Waals surface area contributed by atoms with Gasteiger partial charge in [0.1, 0.15) is 11.6 Å². The summed E-state index contributed by atoms with van der Waals surface area (Å²) in [6, 6.07) is 3.88. The van der Waals surface area contributed by atoms with Crippen LogP contribution in [0.3, 0.4) is 0 Å². The third-order valence-electron chi connectivity index (χ3n) is 3.32. The van der Waals surface area contributed by atoms with Crippen molar-refractivity contribution in [3.8, 4) is 16.9 Å². The summed E-state index contributed by atoms with van der Waals surface area (Å²) in [4.78, 5) is 0. The van der Waals surface area contributed by atoms with Crippen molar-refractivity contribution in [1.82, 2.24) is 9.78 Å². The van der Waals surface area contributed by atoms with Gasteiger partial charge in [-0.3, -0.25) is 4.68 Å². The smallest absolute Gasteiger partial charge is 0.177 e.